The van der Waals surface area contributed by atoms with Gasteiger partial charge in [-0.2, -0.15) is 87.8 Å². The smallest absolute Gasteiger partial charge is 0.304 e. The summed E-state index contributed by atoms with van der Waals surface area (Å²) < 4.78 is 484. The van der Waals surface area contributed by atoms with E-state index in [4.69, 9.17) is 0 Å². The highest BCUT2D eigenvalue weighted by molar-refractivity contribution is 5.89. The lowest BCUT2D eigenvalue weighted by Gasteiger charge is -2.66. The zero-order valence-corrected chi connectivity index (χ0v) is 31.3. The van der Waals surface area contributed by atoms with Crippen molar-refractivity contribution in [2.45, 2.75) is 76.0 Å². The van der Waals surface area contributed by atoms with Crippen LogP contribution in [0.4, 0.5) is 153 Å². The Balaban J connectivity index is 1.79. The molecule has 1 aliphatic heterocycles. The second-order valence-corrected chi connectivity index (χ2v) is 15.1. The SMILES string of the molecule is Fc1c(F)c(F)c(-c2c(F)c(F)c(N3c4ccccc4C(C4(F)C(F)(F)C(F)(F)C(F)(F)C(F)(F)C4(F)F)(C4(F)C(F)(F)C(F)(F)C(F)(F)C(F)(F)C4(F)F)c4ccccc43)c(F)c2F)c(F)c1F. The minimum absolute atomic E-state index is 0.130. The van der Waals surface area contributed by atoms with Gasteiger partial charge in [-0.15, -0.1) is 0 Å². The highest BCUT2D eigenvalue weighted by Crippen LogP contribution is 2.83. The van der Waals surface area contributed by atoms with Gasteiger partial charge in [0.1, 0.15) is 11.1 Å². The summed E-state index contributed by atoms with van der Waals surface area (Å²) in [7, 11) is 0. The molecule has 0 unspecified atom stereocenters. The van der Waals surface area contributed by atoms with Gasteiger partial charge in [0.2, 0.25) is 5.82 Å². The highest BCUT2D eigenvalue weighted by Gasteiger charge is 3.11. The Morgan fingerprint density at radius 3 is 0.754 bits per heavy atom. The fourth-order valence-corrected chi connectivity index (χ4v) is 8.71. The largest absolute Gasteiger partial charge is 0.384 e. The second kappa shape index (κ2) is 13.7. The van der Waals surface area contributed by atoms with Gasteiger partial charge in [0.25, 0.3) is 11.3 Å². The number of alkyl halides is 22. The van der Waals surface area contributed by atoms with Gasteiger partial charge in [-0.3, -0.25) is 0 Å². The third-order valence-electron chi connectivity index (χ3n) is 11.9. The number of fused-ring (bicyclic) bond motifs is 2. The molecule has 2 saturated carbocycles. The topological polar surface area (TPSA) is 3.24 Å². The number of anilines is 3. The fraction of sp³-hybridized carbons (Fsp3) is 0.351. The molecule has 0 radical (unpaired) electrons. The third-order valence-corrected chi connectivity index (χ3v) is 11.9. The highest BCUT2D eigenvalue weighted by atomic mass is 19.4. The van der Waals surface area contributed by atoms with E-state index in [0.717, 1.165) is 0 Å². The third kappa shape index (κ3) is 4.79. The van der Waals surface area contributed by atoms with Crippen LogP contribution in [0.25, 0.3) is 11.1 Å². The normalized spacial score (nSPS) is 25.1. The molecule has 7 rings (SSSR count). The molecule has 2 fully saturated rings. The average Bonchev–Trinajstić information content (AvgIpc) is 3.25. The summed E-state index contributed by atoms with van der Waals surface area (Å²) in [6.45, 7) is 0. The molecule has 1 heterocycles. The van der Waals surface area contributed by atoms with Crippen molar-refractivity contribution in [3.05, 3.63) is 112 Å². The Labute approximate surface area is 357 Å². The first-order valence-electron chi connectivity index (χ1n) is 17.4. The molecule has 1 nitrogen and oxygen atoms in total. The number of halogens is 31. The summed E-state index contributed by atoms with van der Waals surface area (Å²) in [6, 6.07) is -4.92. The Hall–Kier alpha value is -5.49. The molecule has 4 aromatic carbocycles. The number of hydrogen-bond acceptors (Lipinski definition) is 1. The first kappa shape index (κ1) is 51.4. The molecule has 0 amide bonds. The quantitative estimate of drug-likeness (QED) is 0.112. The number of hydrogen-bond donors (Lipinski definition) is 0. The Morgan fingerprint density at radius 1 is 0.261 bits per heavy atom. The zero-order chi connectivity index (χ0) is 53.0. The van der Waals surface area contributed by atoms with E-state index in [1.165, 1.54) is 0 Å². The average molecular weight is 1060 g/mol. The van der Waals surface area contributed by atoms with Crippen LogP contribution >= 0.6 is 0 Å². The first-order valence-corrected chi connectivity index (χ1v) is 17.4. The van der Waals surface area contributed by atoms with Crippen molar-refractivity contribution in [1.82, 2.24) is 0 Å². The van der Waals surface area contributed by atoms with E-state index in [0.29, 0.717) is 0 Å². The van der Waals surface area contributed by atoms with Crippen LogP contribution < -0.4 is 4.90 Å². The van der Waals surface area contributed by atoms with Gasteiger partial charge < -0.3 is 4.90 Å². The predicted molar refractivity (Wildman–Crippen MR) is 164 cm³/mol. The Morgan fingerprint density at radius 2 is 0.478 bits per heavy atom. The molecule has 0 N–H and O–H groups in total. The van der Waals surface area contributed by atoms with Crippen molar-refractivity contribution in [2.75, 3.05) is 4.90 Å². The van der Waals surface area contributed by atoms with Crippen LogP contribution in [0.3, 0.4) is 0 Å². The van der Waals surface area contributed by atoms with Crippen molar-refractivity contribution < 1.29 is 136 Å². The summed E-state index contributed by atoms with van der Waals surface area (Å²) in [5.41, 5.74) is -49.4. The van der Waals surface area contributed by atoms with Crippen LogP contribution in [0.2, 0.25) is 0 Å². The molecule has 32 heteroatoms. The van der Waals surface area contributed by atoms with Crippen LogP contribution in [0, 0.1) is 52.4 Å². The molecule has 4 aromatic rings. The number of rotatable bonds is 4. The molecule has 0 atom stereocenters. The summed E-state index contributed by atoms with van der Waals surface area (Å²) in [5.74, 6) is -120. The number of para-hydroxylation sites is 2. The van der Waals surface area contributed by atoms with Gasteiger partial charge in [0.15, 0.2) is 46.5 Å². The number of nitrogens with zero attached hydrogens (tertiary/aromatic N) is 1. The monoisotopic (exact) mass is 1060 g/mol. The predicted octanol–water partition coefficient (Wildman–Crippen LogP) is 14.5. The van der Waals surface area contributed by atoms with Crippen molar-refractivity contribution >= 4 is 17.1 Å². The zero-order valence-electron chi connectivity index (χ0n) is 31.3. The van der Waals surface area contributed by atoms with Gasteiger partial charge in [-0.05, 0) is 23.3 Å². The lowest BCUT2D eigenvalue weighted by atomic mass is 9.43. The maximum absolute atomic E-state index is 18.2. The summed E-state index contributed by atoms with van der Waals surface area (Å²) in [6.07, 6.45) is 0. The first-order chi connectivity index (χ1) is 30.9. The summed E-state index contributed by atoms with van der Waals surface area (Å²) in [5, 5.41) is 0. The second-order valence-electron chi connectivity index (χ2n) is 15.1. The van der Waals surface area contributed by atoms with Crippen LogP contribution in [-0.4, -0.2) is 70.6 Å². The van der Waals surface area contributed by atoms with Gasteiger partial charge >= 0.3 is 59.2 Å². The standard InChI is InChI=1S/C37H8F31N/c38-15-13(16(39)20(43)21(44)19(15)42)14-17(40)22(45)24(23(46)18(14)41)69-11-7-3-1-5-9(11)25(10-6-2-4-8-12(10)69,26(47)28(49,50)32(57,58)36(65,66)33(59,60)29(26,51)52)27(48)30(53,54)34(61,62)37(67,68)35(63,64)31(27,55)56/h1-8H. The summed E-state index contributed by atoms with van der Waals surface area (Å²) >= 11 is 0. The van der Waals surface area contributed by atoms with E-state index in [9.17, 15) is 39.5 Å². The number of benzene rings is 4. The molecule has 0 bridgehead atoms. The lowest BCUT2D eigenvalue weighted by molar-refractivity contribution is -0.523. The molecule has 0 spiro atoms. The van der Waals surface area contributed by atoms with Gasteiger partial charge in [0.05, 0.1) is 22.5 Å². The summed E-state index contributed by atoms with van der Waals surface area (Å²) in [4.78, 5) is -1.22. The van der Waals surface area contributed by atoms with Crippen molar-refractivity contribution in [2.24, 2.45) is 0 Å². The Kier molecular flexibility index (Phi) is 10.2. The molecule has 69 heavy (non-hydrogen) atoms. The van der Waals surface area contributed by atoms with Crippen molar-refractivity contribution in [3.63, 3.8) is 0 Å². The maximum Gasteiger partial charge on any atom is 0.384 e. The fourth-order valence-electron chi connectivity index (χ4n) is 8.71. The molecule has 3 aliphatic rings. The minimum atomic E-state index is -9.27. The van der Waals surface area contributed by atoms with Gasteiger partial charge in [-0.25, -0.2) is 48.3 Å². The van der Waals surface area contributed by atoms with E-state index in [1.807, 2.05) is 0 Å². The molecular formula is C37H8F31N. The molecule has 0 aromatic heterocycles. The van der Waals surface area contributed by atoms with Crippen LogP contribution in [0.5, 0.6) is 0 Å². The van der Waals surface area contributed by atoms with Gasteiger partial charge in [0, 0.05) is 0 Å². The van der Waals surface area contributed by atoms with E-state index in [1.54, 1.807) is 0 Å². The van der Waals surface area contributed by atoms with Crippen LogP contribution in [0.15, 0.2) is 48.5 Å². The van der Waals surface area contributed by atoms with E-state index >= 15 is 96.6 Å². The van der Waals surface area contributed by atoms with Crippen LogP contribution in [-0.2, 0) is 5.41 Å². The van der Waals surface area contributed by atoms with E-state index < -0.39 is 209 Å². The van der Waals surface area contributed by atoms with E-state index in [-0.39, 0.29) is 12.1 Å². The van der Waals surface area contributed by atoms with Crippen LogP contribution in [0.1, 0.15) is 11.1 Å². The molecule has 2 aliphatic carbocycles. The lowest BCUT2D eigenvalue weighted by Crippen LogP contribution is -2.95. The molecular weight excluding hydrogens is 1050 g/mol. The Bertz CT molecular complexity index is 2620. The van der Waals surface area contributed by atoms with Crippen molar-refractivity contribution in [1.29, 1.82) is 0 Å². The molecule has 378 valence electrons. The molecule has 0 saturated heterocycles. The van der Waals surface area contributed by atoms with Crippen molar-refractivity contribution in [3.8, 4) is 11.1 Å². The minimum Gasteiger partial charge on any atom is -0.304 e. The van der Waals surface area contributed by atoms with Gasteiger partial charge in [-0.1, -0.05) is 36.4 Å². The maximum atomic E-state index is 18.2. The van der Waals surface area contributed by atoms with E-state index in [2.05, 4.69) is 0 Å².